The molecule has 3 aromatic rings. The Kier molecular flexibility index (Phi) is 5.44. The molecule has 1 amide bonds. The molecule has 0 spiro atoms. The largest absolute Gasteiger partial charge is 0.486 e. The summed E-state index contributed by atoms with van der Waals surface area (Å²) in [6.45, 7) is 1.15. The maximum Gasteiger partial charge on any atom is 0.264 e. The van der Waals surface area contributed by atoms with Crippen LogP contribution in [0.2, 0.25) is 0 Å². The van der Waals surface area contributed by atoms with Crippen molar-refractivity contribution in [3.05, 3.63) is 95.6 Å². The number of carbonyl (C=O) groups is 2. The molecule has 2 aliphatic heterocycles. The Labute approximate surface area is 191 Å². The molecule has 0 radical (unpaired) electrons. The van der Waals surface area contributed by atoms with Gasteiger partial charge in [-0.3, -0.25) is 9.59 Å². The first-order valence-corrected chi connectivity index (χ1v) is 10.8. The average molecular weight is 441 g/mol. The quantitative estimate of drug-likeness (QED) is 0.586. The molecule has 5 rings (SSSR count). The van der Waals surface area contributed by atoms with E-state index >= 15 is 0 Å². The number of benzene rings is 3. The van der Waals surface area contributed by atoms with Gasteiger partial charge >= 0.3 is 0 Å². The molecule has 1 N–H and O–H groups in total. The molecule has 166 valence electrons. The fourth-order valence-electron chi connectivity index (χ4n) is 4.27. The second-order valence-electron chi connectivity index (χ2n) is 8.06. The third-order valence-electron chi connectivity index (χ3n) is 5.92. The lowest BCUT2D eigenvalue weighted by Crippen LogP contribution is -2.42. The minimum absolute atomic E-state index is 0.283. The summed E-state index contributed by atoms with van der Waals surface area (Å²) >= 11 is 0. The zero-order chi connectivity index (χ0) is 22.8. The van der Waals surface area contributed by atoms with Gasteiger partial charge in [-0.25, -0.2) is 0 Å². The molecule has 0 saturated heterocycles. The maximum atomic E-state index is 13.4. The van der Waals surface area contributed by atoms with Crippen molar-refractivity contribution in [2.24, 2.45) is 0 Å². The first-order chi connectivity index (χ1) is 16.1. The van der Waals surface area contributed by atoms with Gasteiger partial charge in [-0.15, -0.1) is 0 Å². The lowest BCUT2D eigenvalue weighted by molar-refractivity contribution is -0.135. The molecule has 2 heterocycles. The number of anilines is 1. The van der Waals surface area contributed by atoms with Gasteiger partial charge in [0.2, 0.25) is 0 Å². The van der Waals surface area contributed by atoms with Crippen LogP contribution in [0.15, 0.2) is 78.9 Å². The summed E-state index contributed by atoms with van der Waals surface area (Å²) in [6, 6.07) is 21.7. The average Bonchev–Trinajstić information content (AvgIpc) is 3.06. The predicted molar refractivity (Wildman–Crippen MR) is 125 cm³/mol. The number of amides is 1. The lowest BCUT2D eigenvalue weighted by atomic mass is 9.88. The summed E-state index contributed by atoms with van der Waals surface area (Å²) in [7, 11) is 0. The van der Waals surface area contributed by atoms with Crippen molar-refractivity contribution in [2.75, 3.05) is 24.7 Å². The molecule has 0 bridgehead atoms. The van der Waals surface area contributed by atoms with Gasteiger partial charge in [-0.2, -0.15) is 0 Å². The van der Waals surface area contributed by atoms with Gasteiger partial charge in [0.1, 0.15) is 13.2 Å². The van der Waals surface area contributed by atoms with E-state index in [2.05, 4.69) is 0 Å². The summed E-state index contributed by atoms with van der Waals surface area (Å²) in [4.78, 5) is 28.0. The van der Waals surface area contributed by atoms with E-state index in [0.29, 0.717) is 41.5 Å². The molecule has 0 fully saturated rings. The van der Waals surface area contributed by atoms with Crippen molar-refractivity contribution in [3.8, 4) is 11.5 Å². The SMILES string of the molecule is O=C(CC1(O)C(=O)N(C/C=C/c2ccccc2)c2ccccc21)c1ccc2c(c1)OCCO2. The molecule has 2 aliphatic rings. The van der Waals surface area contributed by atoms with Gasteiger partial charge in [0.25, 0.3) is 5.91 Å². The Morgan fingerprint density at radius 2 is 1.70 bits per heavy atom. The van der Waals surface area contributed by atoms with Crippen LogP contribution in [0.1, 0.15) is 27.9 Å². The smallest absolute Gasteiger partial charge is 0.264 e. The summed E-state index contributed by atoms with van der Waals surface area (Å²) in [5, 5.41) is 11.5. The summed E-state index contributed by atoms with van der Waals surface area (Å²) in [5.74, 6) is 0.215. The van der Waals surface area contributed by atoms with Crippen molar-refractivity contribution in [2.45, 2.75) is 12.0 Å². The number of hydrogen-bond acceptors (Lipinski definition) is 5. The third kappa shape index (κ3) is 3.90. The molecule has 1 atom stereocenters. The Bertz CT molecular complexity index is 1240. The van der Waals surface area contributed by atoms with Crippen molar-refractivity contribution >= 4 is 23.5 Å². The maximum absolute atomic E-state index is 13.4. The number of carbonyl (C=O) groups excluding carboxylic acids is 2. The second kappa shape index (κ2) is 8.56. The molecule has 0 aromatic heterocycles. The van der Waals surface area contributed by atoms with E-state index in [-0.39, 0.29) is 18.7 Å². The first kappa shape index (κ1) is 21.0. The molecular weight excluding hydrogens is 418 g/mol. The Morgan fingerprint density at radius 1 is 0.970 bits per heavy atom. The molecule has 1 unspecified atom stereocenters. The van der Waals surface area contributed by atoms with E-state index in [1.807, 2.05) is 48.6 Å². The van der Waals surface area contributed by atoms with E-state index in [9.17, 15) is 14.7 Å². The number of para-hydroxylation sites is 1. The molecule has 0 aliphatic carbocycles. The van der Waals surface area contributed by atoms with Gasteiger partial charge in [-0.05, 0) is 29.8 Å². The van der Waals surface area contributed by atoms with Gasteiger partial charge in [-0.1, -0.05) is 60.7 Å². The normalized spacial score (nSPS) is 19.1. The van der Waals surface area contributed by atoms with Crippen LogP contribution in [-0.2, 0) is 10.4 Å². The monoisotopic (exact) mass is 441 g/mol. The number of nitrogens with zero attached hydrogens (tertiary/aromatic N) is 1. The van der Waals surface area contributed by atoms with Crippen LogP contribution >= 0.6 is 0 Å². The number of hydrogen-bond donors (Lipinski definition) is 1. The van der Waals surface area contributed by atoms with Crippen LogP contribution in [0, 0.1) is 0 Å². The van der Waals surface area contributed by atoms with Crippen LogP contribution in [-0.4, -0.2) is 36.6 Å². The number of Topliss-reactive ketones (excluding diaryl/α,β-unsaturated/α-hetero) is 1. The second-order valence-corrected chi connectivity index (χ2v) is 8.06. The highest BCUT2D eigenvalue weighted by Gasteiger charge is 2.50. The number of aliphatic hydroxyl groups is 1. The number of ketones is 1. The Balaban J connectivity index is 1.39. The first-order valence-electron chi connectivity index (χ1n) is 10.8. The zero-order valence-electron chi connectivity index (χ0n) is 17.9. The predicted octanol–water partition coefficient (Wildman–Crippen LogP) is 3.98. The van der Waals surface area contributed by atoms with E-state index in [0.717, 1.165) is 5.56 Å². The topological polar surface area (TPSA) is 76.1 Å². The summed E-state index contributed by atoms with van der Waals surface area (Å²) in [6.07, 6.45) is 3.44. The standard InChI is InChI=1S/C27H23NO5/c29-23(20-12-13-24-25(17-20)33-16-15-32-24)18-27(31)21-10-4-5-11-22(21)28(26(27)30)14-6-9-19-7-2-1-3-8-19/h1-13,17,31H,14-16,18H2/b9-6+. The van der Waals surface area contributed by atoms with Crippen molar-refractivity contribution in [1.82, 2.24) is 0 Å². The van der Waals surface area contributed by atoms with Gasteiger partial charge in [0.05, 0.1) is 12.1 Å². The molecule has 0 saturated carbocycles. The highest BCUT2D eigenvalue weighted by atomic mass is 16.6. The van der Waals surface area contributed by atoms with Crippen molar-refractivity contribution in [1.29, 1.82) is 0 Å². The van der Waals surface area contributed by atoms with E-state index in [4.69, 9.17) is 9.47 Å². The third-order valence-corrected chi connectivity index (χ3v) is 5.92. The van der Waals surface area contributed by atoms with Gasteiger partial charge in [0.15, 0.2) is 22.9 Å². The molecule has 33 heavy (non-hydrogen) atoms. The minimum atomic E-state index is -1.93. The van der Waals surface area contributed by atoms with Crippen LogP contribution in [0.5, 0.6) is 11.5 Å². The van der Waals surface area contributed by atoms with Crippen molar-refractivity contribution in [3.63, 3.8) is 0 Å². The van der Waals surface area contributed by atoms with Crippen LogP contribution < -0.4 is 14.4 Å². The number of rotatable bonds is 6. The number of fused-ring (bicyclic) bond motifs is 2. The summed E-state index contributed by atoms with van der Waals surface area (Å²) in [5.41, 5.74) is 0.496. The fraction of sp³-hybridized carbons (Fsp3) is 0.185. The van der Waals surface area contributed by atoms with E-state index in [1.165, 1.54) is 4.90 Å². The molecular formula is C27H23NO5. The van der Waals surface area contributed by atoms with Gasteiger partial charge in [0, 0.05) is 17.7 Å². The van der Waals surface area contributed by atoms with Crippen LogP contribution in [0.25, 0.3) is 6.08 Å². The highest BCUT2D eigenvalue weighted by Crippen LogP contribution is 2.43. The van der Waals surface area contributed by atoms with Gasteiger partial charge < -0.3 is 19.5 Å². The molecule has 3 aromatic carbocycles. The summed E-state index contributed by atoms with van der Waals surface area (Å²) < 4.78 is 11.1. The van der Waals surface area contributed by atoms with Crippen LogP contribution in [0.3, 0.4) is 0 Å². The zero-order valence-corrected chi connectivity index (χ0v) is 17.9. The number of ether oxygens (including phenoxy) is 2. The lowest BCUT2D eigenvalue weighted by Gasteiger charge is -2.23. The highest BCUT2D eigenvalue weighted by molar-refractivity contribution is 6.11. The molecule has 6 nitrogen and oxygen atoms in total. The fourth-order valence-corrected chi connectivity index (χ4v) is 4.27. The van der Waals surface area contributed by atoms with Crippen molar-refractivity contribution < 1.29 is 24.2 Å². The Morgan fingerprint density at radius 3 is 2.52 bits per heavy atom. The Hall–Kier alpha value is -3.90. The minimum Gasteiger partial charge on any atom is -0.486 e. The van der Waals surface area contributed by atoms with E-state index < -0.39 is 11.5 Å². The van der Waals surface area contributed by atoms with Crippen LogP contribution in [0.4, 0.5) is 5.69 Å². The molecule has 6 heteroatoms. The van der Waals surface area contributed by atoms with E-state index in [1.54, 1.807) is 36.4 Å².